The molecule has 6 rings (SSSR count). The van der Waals surface area contributed by atoms with E-state index in [1.807, 2.05) is 32.4 Å². The van der Waals surface area contributed by atoms with E-state index in [4.69, 9.17) is 31.0 Å². The predicted octanol–water partition coefficient (Wildman–Crippen LogP) is 4.03. The van der Waals surface area contributed by atoms with Gasteiger partial charge in [0, 0.05) is 54.6 Å². The van der Waals surface area contributed by atoms with Crippen LogP contribution < -0.4 is 19.7 Å². The van der Waals surface area contributed by atoms with Gasteiger partial charge in [-0.05, 0) is 51.6 Å². The largest absolute Gasteiger partial charge is 0.487 e. The Morgan fingerprint density at radius 3 is 2.68 bits per heavy atom. The zero-order valence-corrected chi connectivity index (χ0v) is 22.2. The number of likely N-dealkylation sites (N-methyl/N-ethyl adjacent to an activating group) is 1. The summed E-state index contributed by atoms with van der Waals surface area (Å²) in [6, 6.07) is 6.47. The second-order valence-electron chi connectivity index (χ2n) is 10.1. The van der Waals surface area contributed by atoms with Crippen LogP contribution in [0.1, 0.15) is 18.4 Å². The summed E-state index contributed by atoms with van der Waals surface area (Å²) in [6.07, 6.45) is 4.04. The van der Waals surface area contributed by atoms with E-state index in [1.165, 1.54) is 0 Å². The van der Waals surface area contributed by atoms with E-state index in [0.29, 0.717) is 23.4 Å². The smallest absolute Gasteiger partial charge is 0.319 e. The fourth-order valence-corrected chi connectivity index (χ4v) is 5.12. The number of hydrogen-bond acceptors (Lipinski definition) is 8. The van der Waals surface area contributed by atoms with Gasteiger partial charge in [-0.25, -0.2) is 0 Å². The van der Waals surface area contributed by atoms with E-state index >= 15 is 0 Å². The maximum atomic E-state index is 7.12. The number of aromatic nitrogens is 4. The Morgan fingerprint density at radius 2 is 1.92 bits per heavy atom. The van der Waals surface area contributed by atoms with Crippen LogP contribution in [0.25, 0.3) is 32.9 Å². The number of nitrogens with zero attached hydrogens (tertiary/aromatic N) is 5. The molecule has 3 heterocycles. The van der Waals surface area contributed by atoms with Crippen LogP contribution in [-0.2, 0) is 0 Å². The highest BCUT2D eigenvalue weighted by Crippen LogP contribution is 2.48. The third kappa shape index (κ3) is 4.79. The highest BCUT2D eigenvalue weighted by Gasteiger charge is 2.30. The standard InChI is InChI=1S/C27H32ClN7O2/c1-16-4-7-21-19(15-30-33-21)22(16)23-20(28)14-18-24(25(23)37-17-5-6-17)31-27(36-13-12-34(2)3)32-26(18)35-10-8-29-9-11-35/h4,7,14-15,17,29H,5-6,8-13H2,1-3H3,(H,30,33). The van der Waals surface area contributed by atoms with E-state index < -0.39 is 0 Å². The van der Waals surface area contributed by atoms with Gasteiger partial charge in [-0.2, -0.15) is 15.1 Å². The molecule has 2 N–H and O–H groups in total. The molecular weight excluding hydrogens is 490 g/mol. The third-order valence-corrected chi connectivity index (χ3v) is 7.23. The average Bonchev–Trinajstić information content (AvgIpc) is 3.58. The molecule has 4 aromatic rings. The first-order chi connectivity index (χ1) is 18.0. The summed E-state index contributed by atoms with van der Waals surface area (Å²) >= 11 is 7.12. The molecule has 0 radical (unpaired) electrons. The van der Waals surface area contributed by atoms with E-state index in [-0.39, 0.29) is 6.10 Å². The summed E-state index contributed by atoms with van der Waals surface area (Å²) < 4.78 is 12.7. The van der Waals surface area contributed by atoms with Crippen LogP contribution in [-0.4, -0.2) is 84.6 Å². The van der Waals surface area contributed by atoms with Crippen molar-refractivity contribution in [1.82, 2.24) is 30.4 Å². The van der Waals surface area contributed by atoms with Crippen molar-refractivity contribution < 1.29 is 9.47 Å². The summed E-state index contributed by atoms with van der Waals surface area (Å²) in [7, 11) is 4.04. The number of aryl methyl sites for hydroxylation is 1. The Labute approximate surface area is 221 Å². The number of H-pyrrole nitrogens is 1. The van der Waals surface area contributed by atoms with Crippen LogP contribution >= 0.6 is 11.6 Å². The van der Waals surface area contributed by atoms with E-state index in [1.54, 1.807) is 0 Å². The first-order valence-corrected chi connectivity index (χ1v) is 13.2. The molecule has 0 atom stereocenters. The summed E-state index contributed by atoms with van der Waals surface area (Å²) in [6.45, 7) is 6.81. The Morgan fingerprint density at radius 1 is 1.11 bits per heavy atom. The molecule has 1 saturated heterocycles. The van der Waals surface area contributed by atoms with Crippen molar-refractivity contribution in [3.8, 4) is 22.9 Å². The summed E-state index contributed by atoms with van der Waals surface area (Å²) in [5.74, 6) is 1.52. The maximum Gasteiger partial charge on any atom is 0.319 e. The molecule has 37 heavy (non-hydrogen) atoms. The van der Waals surface area contributed by atoms with Gasteiger partial charge in [0.05, 0.1) is 22.8 Å². The molecule has 1 saturated carbocycles. The number of anilines is 1. The lowest BCUT2D eigenvalue weighted by atomic mass is 9.94. The molecule has 0 unspecified atom stereocenters. The lowest BCUT2D eigenvalue weighted by Gasteiger charge is -2.30. The first-order valence-electron chi connectivity index (χ1n) is 12.9. The lowest BCUT2D eigenvalue weighted by molar-refractivity contribution is 0.246. The van der Waals surface area contributed by atoms with Crippen LogP contribution in [0.4, 0.5) is 5.82 Å². The van der Waals surface area contributed by atoms with Gasteiger partial charge in [0.2, 0.25) is 0 Å². The third-order valence-electron chi connectivity index (χ3n) is 6.93. The molecular formula is C27H32ClN7O2. The lowest BCUT2D eigenvalue weighted by Crippen LogP contribution is -2.44. The first kappa shape index (κ1) is 24.2. The molecule has 9 nitrogen and oxygen atoms in total. The highest BCUT2D eigenvalue weighted by molar-refractivity contribution is 6.35. The molecule has 194 valence electrons. The van der Waals surface area contributed by atoms with Crippen molar-refractivity contribution in [2.75, 3.05) is 58.3 Å². The van der Waals surface area contributed by atoms with Crippen LogP contribution in [0, 0.1) is 6.92 Å². The van der Waals surface area contributed by atoms with Gasteiger partial charge in [0.15, 0.2) is 5.75 Å². The number of nitrogens with one attached hydrogen (secondary N) is 2. The second-order valence-corrected chi connectivity index (χ2v) is 10.5. The van der Waals surface area contributed by atoms with E-state index in [2.05, 4.69) is 38.3 Å². The zero-order chi connectivity index (χ0) is 25.5. The number of rotatable bonds is 8. The second kappa shape index (κ2) is 9.96. The molecule has 1 aliphatic heterocycles. The fraction of sp³-hybridized carbons (Fsp3) is 0.444. The molecule has 0 amide bonds. The van der Waals surface area contributed by atoms with E-state index in [0.717, 1.165) is 89.9 Å². The number of halogens is 1. The van der Waals surface area contributed by atoms with Gasteiger partial charge in [-0.3, -0.25) is 5.10 Å². The van der Waals surface area contributed by atoms with Crippen molar-refractivity contribution in [1.29, 1.82) is 0 Å². The van der Waals surface area contributed by atoms with Gasteiger partial charge in [-0.15, -0.1) is 0 Å². The summed E-state index contributed by atoms with van der Waals surface area (Å²) in [4.78, 5) is 14.2. The number of aromatic amines is 1. The Balaban J connectivity index is 1.60. The number of hydrogen-bond donors (Lipinski definition) is 2. The molecule has 2 fully saturated rings. The van der Waals surface area contributed by atoms with E-state index in [9.17, 15) is 0 Å². The number of piperazine rings is 1. The van der Waals surface area contributed by atoms with Crippen molar-refractivity contribution in [3.05, 3.63) is 35.0 Å². The minimum atomic E-state index is 0.153. The van der Waals surface area contributed by atoms with Crippen LogP contribution in [0.15, 0.2) is 24.4 Å². The minimum absolute atomic E-state index is 0.153. The Kier molecular flexibility index (Phi) is 6.52. The maximum absolute atomic E-state index is 7.12. The SMILES string of the molecule is Cc1ccc2[nH]ncc2c1-c1c(Cl)cc2c(N3CCNCC3)nc(OCCN(C)C)nc2c1OC1CC1. The Hall–Kier alpha value is -3.14. The van der Waals surface area contributed by atoms with Gasteiger partial charge in [0.1, 0.15) is 17.9 Å². The molecule has 0 spiro atoms. The van der Waals surface area contributed by atoms with Gasteiger partial charge < -0.3 is 24.6 Å². The van der Waals surface area contributed by atoms with Crippen molar-refractivity contribution >= 4 is 39.2 Å². The molecule has 2 aromatic carbocycles. The van der Waals surface area contributed by atoms with Gasteiger partial charge in [0.25, 0.3) is 0 Å². The quantitative estimate of drug-likeness (QED) is 0.359. The van der Waals surface area contributed by atoms with Crippen molar-refractivity contribution in [2.45, 2.75) is 25.9 Å². The molecule has 2 aliphatic rings. The molecule has 1 aliphatic carbocycles. The molecule has 0 bridgehead atoms. The zero-order valence-electron chi connectivity index (χ0n) is 21.5. The van der Waals surface area contributed by atoms with Gasteiger partial charge in [-0.1, -0.05) is 17.7 Å². The predicted molar refractivity (Wildman–Crippen MR) is 147 cm³/mol. The number of benzene rings is 2. The summed E-state index contributed by atoms with van der Waals surface area (Å²) in [5.41, 5.74) is 4.62. The number of fused-ring (bicyclic) bond motifs is 2. The highest BCUT2D eigenvalue weighted by atomic mass is 35.5. The van der Waals surface area contributed by atoms with Crippen molar-refractivity contribution in [3.63, 3.8) is 0 Å². The van der Waals surface area contributed by atoms with Crippen LogP contribution in [0.3, 0.4) is 0 Å². The minimum Gasteiger partial charge on any atom is -0.487 e. The fourth-order valence-electron chi connectivity index (χ4n) is 4.83. The monoisotopic (exact) mass is 521 g/mol. The molecule has 10 heteroatoms. The van der Waals surface area contributed by atoms with Crippen LogP contribution in [0.2, 0.25) is 5.02 Å². The summed E-state index contributed by atoms with van der Waals surface area (Å²) in [5, 5.41) is 13.3. The number of ether oxygens (including phenoxy) is 2. The van der Waals surface area contributed by atoms with Crippen molar-refractivity contribution in [2.24, 2.45) is 0 Å². The Bertz CT molecular complexity index is 1440. The van der Waals surface area contributed by atoms with Gasteiger partial charge >= 0.3 is 6.01 Å². The average molecular weight is 522 g/mol. The molecule has 2 aromatic heterocycles. The normalized spacial score (nSPS) is 16.2. The topological polar surface area (TPSA) is 91.4 Å². The van der Waals surface area contributed by atoms with Crippen LogP contribution in [0.5, 0.6) is 11.8 Å².